The summed E-state index contributed by atoms with van der Waals surface area (Å²) in [5, 5.41) is 10.0. The van der Waals surface area contributed by atoms with E-state index < -0.39 is 59.0 Å². The van der Waals surface area contributed by atoms with Crippen LogP contribution in [0.3, 0.4) is 0 Å². The SMILES string of the molecule is CC(C)(C)c1cc(-c2ccc(Cl)c(F)c2)nc2cc(C(=O)N3CCNC(=O)C3(C)C)oc12.Cn1ccc(S(=O)(=O)Cl)n1.Cn1nccc1S(=O)(=O)N1CCN(C(=O)c2cc3nc(-c4ccc(Cl)c(F)c4)cc(C(C)(C)C)c3o2)C(C)(C)C1=O.[HH]. The Hall–Kier alpha value is -7.25. The molecule has 0 spiro atoms. The van der Waals surface area contributed by atoms with E-state index in [2.05, 4.69) is 25.5 Å². The van der Waals surface area contributed by atoms with Crippen LogP contribution in [0.25, 0.3) is 44.7 Å². The third-order valence-corrected chi connectivity index (χ3v) is 17.7. The largest absolute Gasteiger partial charge is 0.449 e. The maximum Gasteiger partial charge on any atom is 0.290 e. The smallest absolute Gasteiger partial charge is 0.290 e. The Labute approximate surface area is 493 Å². The van der Waals surface area contributed by atoms with Gasteiger partial charge in [-0.15, -0.1) is 0 Å². The van der Waals surface area contributed by atoms with Crippen molar-refractivity contribution >= 4 is 98.8 Å². The molecule has 2 aliphatic heterocycles. The minimum Gasteiger partial charge on any atom is -0.449 e. The number of nitrogens with zero attached hydrogens (tertiary/aromatic N) is 9. The molecular weight excluding hydrogens is 1180 g/mol. The second-order valence-electron chi connectivity index (χ2n) is 22.7. The lowest BCUT2D eigenvalue weighted by Gasteiger charge is -2.44. The number of carbonyl (C=O) groups is 4. The monoisotopic (exact) mass is 1240 g/mol. The molecule has 2 fully saturated rings. The number of aryl methyl sites for hydroxylation is 2. The Morgan fingerprint density at radius 2 is 1.17 bits per heavy atom. The summed E-state index contributed by atoms with van der Waals surface area (Å²) in [7, 11) is 0.229. The number of sulfonamides is 1. The first-order valence-electron chi connectivity index (χ1n) is 25.7. The second-order valence-corrected chi connectivity index (χ2v) is 27.9. The van der Waals surface area contributed by atoms with Crippen molar-refractivity contribution in [3.63, 3.8) is 0 Å². The van der Waals surface area contributed by atoms with Crippen LogP contribution in [0.4, 0.5) is 8.78 Å². The van der Waals surface area contributed by atoms with Crippen molar-refractivity contribution in [2.75, 3.05) is 26.2 Å². The molecule has 20 nitrogen and oxygen atoms in total. The highest BCUT2D eigenvalue weighted by molar-refractivity contribution is 8.13. The molecular formula is C56H61Cl3F2N10O10S2. The highest BCUT2D eigenvalue weighted by Gasteiger charge is 2.50. The number of carbonyl (C=O) groups excluding carboxylic acids is 4. The summed E-state index contributed by atoms with van der Waals surface area (Å²) < 4.78 is 91.3. The summed E-state index contributed by atoms with van der Waals surface area (Å²) in [5.41, 5.74) is 2.18. The number of amides is 4. The highest BCUT2D eigenvalue weighted by atomic mass is 35.7. The Balaban J connectivity index is 0.000000209. The van der Waals surface area contributed by atoms with Crippen molar-refractivity contribution in [1.29, 1.82) is 0 Å². The predicted octanol–water partition coefficient (Wildman–Crippen LogP) is 10.3. The zero-order chi connectivity index (χ0) is 61.3. The second kappa shape index (κ2) is 22.4. The fraction of sp³-hybridized carbons (Fsp3) is 0.357. The molecule has 0 unspecified atom stereocenters. The van der Waals surface area contributed by atoms with Crippen LogP contribution in [0.1, 0.15) is 103 Å². The zero-order valence-corrected chi connectivity index (χ0v) is 51.1. The summed E-state index contributed by atoms with van der Waals surface area (Å²) in [5.74, 6) is -2.98. The number of fused-ring (bicyclic) bond motifs is 2. The number of halogens is 5. The lowest BCUT2D eigenvalue weighted by Crippen LogP contribution is -2.65. The number of hydrogen-bond acceptors (Lipinski definition) is 14. The molecule has 442 valence electrons. The van der Waals surface area contributed by atoms with E-state index in [1.54, 1.807) is 45.2 Å². The molecule has 27 heteroatoms. The Bertz CT molecular complexity index is 4150. The number of piperazine rings is 2. The van der Waals surface area contributed by atoms with Crippen LogP contribution in [-0.2, 0) is 53.6 Å². The molecule has 8 heterocycles. The average Bonchev–Trinajstić information content (AvgIpc) is 3.26. The first kappa shape index (κ1) is 61.8. The molecule has 8 aromatic rings. The molecule has 2 saturated heterocycles. The molecule has 2 aliphatic rings. The third kappa shape index (κ3) is 12.4. The molecule has 4 amide bonds. The van der Waals surface area contributed by atoms with E-state index >= 15 is 0 Å². The first-order chi connectivity index (χ1) is 38.4. The van der Waals surface area contributed by atoms with Crippen LogP contribution < -0.4 is 5.32 Å². The van der Waals surface area contributed by atoms with Gasteiger partial charge >= 0.3 is 0 Å². The molecule has 10 rings (SSSR count). The summed E-state index contributed by atoms with van der Waals surface area (Å²) in [6.07, 6.45) is 2.84. The lowest BCUT2D eigenvalue weighted by molar-refractivity contribution is -0.140. The fourth-order valence-electron chi connectivity index (χ4n) is 9.32. The number of nitrogens with one attached hydrogen (secondary N) is 1. The predicted molar refractivity (Wildman–Crippen MR) is 310 cm³/mol. The highest BCUT2D eigenvalue weighted by Crippen LogP contribution is 2.39. The molecule has 6 aromatic heterocycles. The topological polar surface area (TPSA) is 246 Å². The van der Waals surface area contributed by atoms with Gasteiger partial charge in [-0.25, -0.2) is 31.5 Å². The number of furan rings is 2. The van der Waals surface area contributed by atoms with E-state index in [0.29, 0.717) is 57.8 Å². The average molecular weight is 1240 g/mol. The van der Waals surface area contributed by atoms with E-state index in [4.69, 9.17) is 42.7 Å². The molecule has 0 radical (unpaired) electrons. The van der Waals surface area contributed by atoms with Crippen LogP contribution in [0.5, 0.6) is 0 Å². The van der Waals surface area contributed by atoms with Crippen LogP contribution in [0.2, 0.25) is 10.0 Å². The molecule has 83 heavy (non-hydrogen) atoms. The minimum atomic E-state index is -4.18. The van der Waals surface area contributed by atoms with Crippen LogP contribution in [-0.4, -0.2) is 121 Å². The van der Waals surface area contributed by atoms with Crippen molar-refractivity contribution in [3.05, 3.63) is 130 Å². The first-order valence-corrected chi connectivity index (χ1v) is 30.2. The van der Waals surface area contributed by atoms with Crippen molar-refractivity contribution < 1.29 is 55.1 Å². The number of aromatic nitrogens is 6. The standard InChI is InChI=1S/C28H29ClFN5O5S.C24H25ClFN3O3.C4H5ClN2O2S.H2/c1-27(2,3)17-14-20(16-7-8-18(29)19(30)13-16)32-21-15-22(40-24(17)21)25(36)34-11-12-35(26(37)28(34,4)5)41(38,39)23-9-10-31-33(23)6;1-23(2,3)14-11-17(13-6-7-15(25)16(26)10-13)28-18-12-19(32-20(14)18)21(30)29-9-8-27-22(31)24(29,4)5;1-7-3-2-4(6-7)10(5,8)9;/h7-10,13-15H,11-12H2,1-6H3;6-7,10-12H,8-9H2,1-5H3,(H,27,31);2-3H,1H3;1H. The van der Waals surface area contributed by atoms with Gasteiger partial charge in [0.15, 0.2) is 32.7 Å². The normalized spacial score (nSPS) is 15.7. The molecule has 0 aliphatic carbocycles. The summed E-state index contributed by atoms with van der Waals surface area (Å²) in [6, 6.07) is 18.3. The van der Waals surface area contributed by atoms with Gasteiger partial charge in [-0.2, -0.15) is 18.6 Å². The van der Waals surface area contributed by atoms with Crippen molar-refractivity contribution in [1.82, 2.24) is 49.0 Å². The molecule has 0 bridgehead atoms. The third-order valence-electron chi connectivity index (χ3n) is 14.0. The van der Waals surface area contributed by atoms with Gasteiger partial charge in [0, 0.05) is 86.4 Å². The summed E-state index contributed by atoms with van der Waals surface area (Å²) in [6.45, 7) is 18.9. The van der Waals surface area contributed by atoms with E-state index in [0.717, 1.165) is 15.4 Å². The maximum atomic E-state index is 14.2. The fourth-order valence-corrected chi connectivity index (χ4v) is 11.9. The number of benzene rings is 2. The quantitative estimate of drug-likeness (QED) is 0.146. The van der Waals surface area contributed by atoms with Gasteiger partial charge in [0.25, 0.3) is 36.8 Å². The molecule has 0 atom stereocenters. The van der Waals surface area contributed by atoms with E-state index in [9.17, 15) is 44.8 Å². The van der Waals surface area contributed by atoms with Crippen LogP contribution in [0, 0.1) is 11.6 Å². The van der Waals surface area contributed by atoms with E-state index in [-0.39, 0.29) is 63.4 Å². The van der Waals surface area contributed by atoms with Gasteiger partial charge in [-0.3, -0.25) is 28.5 Å². The molecule has 2 aromatic carbocycles. The van der Waals surface area contributed by atoms with Gasteiger partial charge in [0.05, 0.1) is 34.2 Å². The Morgan fingerprint density at radius 1 is 0.687 bits per heavy atom. The van der Waals surface area contributed by atoms with Crippen LogP contribution >= 0.6 is 33.9 Å². The van der Waals surface area contributed by atoms with Gasteiger partial charge in [-0.05, 0) is 87.1 Å². The maximum absolute atomic E-state index is 14.2. The van der Waals surface area contributed by atoms with E-state index in [1.165, 1.54) is 94.9 Å². The van der Waals surface area contributed by atoms with Gasteiger partial charge in [0.2, 0.25) is 5.91 Å². The van der Waals surface area contributed by atoms with Gasteiger partial charge < -0.3 is 24.0 Å². The van der Waals surface area contributed by atoms with Crippen LogP contribution in [0.15, 0.2) is 104 Å². The summed E-state index contributed by atoms with van der Waals surface area (Å²) >= 11 is 11.7. The molecule has 0 saturated carbocycles. The van der Waals surface area contributed by atoms with Gasteiger partial charge in [-0.1, -0.05) is 76.9 Å². The van der Waals surface area contributed by atoms with Crippen molar-refractivity contribution in [2.24, 2.45) is 14.1 Å². The number of pyridine rings is 2. The van der Waals surface area contributed by atoms with E-state index in [1.807, 2.05) is 47.6 Å². The lowest BCUT2D eigenvalue weighted by atomic mass is 9.86. The van der Waals surface area contributed by atoms with Crippen molar-refractivity contribution in [3.8, 4) is 22.5 Å². The zero-order valence-electron chi connectivity index (χ0n) is 47.2. The number of rotatable bonds is 7. The number of hydrogen-bond donors (Lipinski definition) is 1. The minimum absolute atomic E-state index is 0. The summed E-state index contributed by atoms with van der Waals surface area (Å²) in [4.78, 5) is 64.9. The Kier molecular flexibility index (Phi) is 16.7. The molecule has 1 N–H and O–H groups in total. The Morgan fingerprint density at radius 3 is 1.57 bits per heavy atom. The van der Waals surface area contributed by atoms with Crippen molar-refractivity contribution in [2.45, 2.75) is 101 Å². The van der Waals surface area contributed by atoms with Gasteiger partial charge in [0.1, 0.15) is 33.7 Å².